The zero-order chi connectivity index (χ0) is 25.5. The lowest BCUT2D eigenvalue weighted by Crippen LogP contribution is -2.44. The van der Waals surface area contributed by atoms with Crippen LogP contribution in [0.25, 0.3) is 0 Å². The molecule has 0 N–H and O–H groups in total. The summed E-state index contributed by atoms with van der Waals surface area (Å²) in [6.45, 7) is 7.27. The van der Waals surface area contributed by atoms with Crippen LogP contribution in [-0.2, 0) is 14.4 Å². The van der Waals surface area contributed by atoms with Crippen molar-refractivity contribution in [3.63, 3.8) is 0 Å². The summed E-state index contributed by atoms with van der Waals surface area (Å²) in [5, 5.41) is 0. The Morgan fingerprint density at radius 1 is 0.943 bits per heavy atom. The first-order chi connectivity index (χ1) is 16.5. The number of anilines is 1. The van der Waals surface area contributed by atoms with Crippen LogP contribution in [0.4, 0.5) is 5.69 Å². The topological polar surface area (TPSA) is 54.5 Å². The van der Waals surface area contributed by atoms with Crippen LogP contribution in [0.1, 0.15) is 84.1 Å². The summed E-state index contributed by atoms with van der Waals surface area (Å²) in [4.78, 5) is 36.4. The number of carbonyl (C=O) groups is 3. The average Bonchev–Trinajstić information content (AvgIpc) is 3.15. The van der Waals surface area contributed by atoms with Crippen molar-refractivity contribution >= 4 is 23.0 Å². The molecule has 4 nitrogen and oxygen atoms in total. The normalized spacial score (nSPS) is 31.4. The lowest BCUT2D eigenvalue weighted by atomic mass is 9.51. The molecule has 0 aliphatic heterocycles. The zero-order valence-electron chi connectivity index (χ0n) is 22.3. The van der Waals surface area contributed by atoms with Crippen molar-refractivity contribution in [2.24, 2.45) is 23.2 Å². The molecule has 35 heavy (non-hydrogen) atoms. The molecule has 0 aromatic heterocycles. The molecule has 4 aliphatic rings. The van der Waals surface area contributed by atoms with Gasteiger partial charge in [-0.2, -0.15) is 0 Å². The number of fused-ring (bicyclic) bond motifs is 4. The predicted molar refractivity (Wildman–Crippen MR) is 142 cm³/mol. The van der Waals surface area contributed by atoms with E-state index in [9.17, 15) is 14.4 Å². The van der Waals surface area contributed by atoms with E-state index in [0.717, 1.165) is 32.1 Å². The molecule has 5 atom stereocenters. The van der Waals surface area contributed by atoms with Gasteiger partial charge in [0.2, 0.25) is 0 Å². The number of ketones is 3. The number of nitrogens with zero attached hydrogens (tertiary/aromatic N) is 1. The van der Waals surface area contributed by atoms with E-state index in [1.807, 2.05) is 13.0 Å². The third kappa shape index (κ3) is 4.81. The SMILES string of the molecule is CC(=O)C1CCC2C3CCC4=CC(=O)CCC4=C3C(c3ccc(N(C)C)cc3)CC12C.CC(C)=O. The molecule has 188 valence electrons. The van der Waals surface area contributed by atoms with Gasteiger partial charge in [-0.25, -0.2) is 0 Å². The summed E-state index contributed by atoms with van der Waals surface area (Å²) in [6, 6.07) is 9.06. The van der Waals surface area contributed by atoms with E-state index in [2.05, 4.69) is 50.2 Å². The Kier molecular flexibility index (Phi) is 7.22. The quantitative estimate of drug-likeness (QED) is 0.504. The molecule has 2 saturated carbocycles. The second-order valence-electron chi connectivity index (χ2n) is 11.7. The summed E-state index contributed by atoms with van der Waals surface area (Å²) in [5.74, 6) is 2.54. The van der Waals surface area contributed by atoms with Crippen molar-refractivity contribution < 1.29 is 14.4 Å². The second kappa shape index (κ2) is 9.87. The highest BCUT2D eigenvalue weighted by molar-refractivity contribution is 5.93. The Bertz CT molecular complexity index is 1070. The molecule has 1 aromatic rings. The minimum Gasteiger partial charge on any atom is -0.378 e. The molecule has 4 heteroatoms. The van der Waals surface area contributed by atoms with E-state index in [-0.39, 0.29) is 17.1 Å². The Morgan fingerprint density at radius 3 is 2.20 bits per heavy atom. The number of benzene rings is 1. The molecule has 1 aromatic carbocycles. The minimum atomic E-state index is 0.0805. The molecule has 2 fully saturated rings. The van der Waals surface area contributed by atoms with Crippen LogP contribution in [0.15, 0.2) is 47.1 Å². The number of rotatable bonds is 3. The van der Waals surface area contributed by atoms with Gasteiger partial charge in [0, 0.05) is 38.0 Å². The molecule has 0 bridgehead atoms. The van der Waals surface area contributed by atoms with E-state index < -0.39 is 0 Å². The van der Waals surface area contributed by atoms with Crippen molar-refractivity contribution in [3.8, 4) is 0 Å². The molecule has 0 spiro atoms. The summed E-state index contributed by atoms with van der Waals surface area (Å²) in [6.07, 6.45) is 8.93. The fourth-order valence-electron chi connectivity index (χ4n) is 7.63. The van der Waals surface area contributed by atoms with Gasteiger partial charge in [0.25, 0.3) is 0 Å². The number of Topliss-reactive ketones (excluding diaryl/α,β-unsaturated/α-hetero) is 2. The van der Waals surface area contributed by atoms with Gasteiger partial charge in [0.1, 0.15) is 11.6 Å². The van der Waals surface area contributed by atoms with Crippen LogP contribution < -0.4 is 4.90 Å². The zero-order valence-corrected chi connectivity index (χ0v) is 22.3. The number of hydrogen-bond donors (Lipinski definition) is 0. The Hall–Kier alpha value is -2.49. The largest absolute Gasteiger partial charge is 0.378 e. The monoisotopic (exact) mass is 475 g/mol. The van der Waals surface area contributed by atoms with Gasteiger partial charge in [-0.1, -0.05) is 24.6 Å². The first kappa shape index (κ1) is 25.6. The molecule has 5 unspecified atom stereocenters. The fraction of sp³-hybridized carbons (Fsp3) is 0.581. The van der Waals surface area contributed by atoms with E-state index in [1.165, 1.54) is 42.7 Å². The minimum absolute atomic E-state index is 0.0805. The van der Waals surface area contributed by atoms with E-state index in [1.54, 1.807) is 5.57 Å². The van der Waals surface area contributed by atoms with Crippen LogP contribution in [0.3, 0.4) is 0 Å². The smallest absolute Gasteiger partial charge is 0.156 e. The third-order valence-corrected chi connectivity index (χ3v) is 9.03. The van der Waals surface area contributed by atoms with Gasteiger partial charge >= 0.3 is 0 Å². The molecule has 0 saturated heterocycles. The van der Waals surface area contributed by atoms with Gasteiger partial charge in [0.15, 0.2) is 5.78 Å². The molecule has 4 aliphatic carbocycles. The van der Waals surface area contributed by atoms with Crippen molar-refractivity contribution in [2.45, 2.75) is 78.6 Å². The maximum atomic E-state index is 12.6. The summed E-state index contributed by atoms with van der Waals surface area (Å²) >= 11 is 0. The van der Waals surface area contributed by atoms with Crippen LogP contribution in [-0.4, -0.2) is 31.4 Å². The molecule has 0 amide bonds. The summed E-state index contributed by atoms with van der Waals surface area (Å²) < 4.78 is 0. The van der Waals surface area contributed by atoms with Gasteiger partial charge < -0.3 is 9.69 Å². The second-order valence-corrected chi connectivity index (χ2v) is 11.7. The third-order valence-electron chi connectivity index (χ3n) is 9.03. The number of hydrogen-bond acceptors (Lipinski definition) is 4. The highest BCUT2D eigenvalue weighted by Gasteiger charge is 2.57. The molecular formula is C31H41NO3. The van der Waals surface area contributed by atoms with Crippen LogP contribution in [0.2, 0.25) is 0 Å². The maximum absolute atomic E-state index is 12.6. The fourth-order valence-corrected chi connectivity index (χ4v) is 7.63. The molecule has 0 heterocycles. The number of carbonyl (C=O) groups excluding carboxylic acids is 3. The first-order valence-corrected chi connectivity index (χ1v) is 13.2. The van der Waals surface area contributed by atoms with E-state index >= 15 is 0 Å². The molecular weight excluding hydrogens is 434 g/mol. The summed E-state index contributed by atoms with van der Waals surface area (Å²) in [7, 11) is 4.16. The summed E-state index contributed by atoms with van der Waals surface area (Å²) in [5.41, 5.74) is 7.09. The lowest BCUT2D eigenvalue weighted by Gasteiger charge is -2.52. The highest BCUT2D eigenvalue weighted by Crippen LogP contribution is 2.65. The van der Waals surface area contributed by atoms with Gasteiger partial charge in [0.05, 0.1) is 0 Å². The van der Waals surface area contributed by atoms with Crippen LogP contribution >= 0.6 is 0 Å². The Morgan fingerprint density at radius 2 is 1.60 bits per heavy atom. The van der Waals surface area contributed by atoms with Crippen molar-refractivity contribution in [1.82, 2.24) is 0 Å². The van der Waals surface area contributed by atoms with Crippen molar-refractivity contribution in [2.75, 3.05) is 19.0 Å². The first-order valence-electron chi connectivity index (χ1n) is 13.2. The maximum Gasteiger partial charge on any atom is 0.156 e. The predicted octanol–water partition coefficient (Wildman–Crippen LogP) is 6.45. The van der Waals surface area contributed by atoms with Crippen molar-refractivity contribution in [3.05, 3.63) is 52.6 Å². The molecule has 5 rings (SSSR count). The Labute approximate surface area is 210 Å². The highest BCUT2D eigenvalue weighted by atomic mass is 16.1. The molecule has 0 radical (unpaired) electrons. The van der Waals surface area contributed by atoms with Gasteiger partial charge in [-0.3, -0.25) is 9.59 Å². The standard InChI is InChI=1S/C28H35NO2.C3H6O/c1-17(30)25-13-14-26-23-11-7-19-15-21(31)10-12-22(19)27(23)24(16-28(25,26)2)18-5-8-20(9-6-18)29(3)4;1-3(2)4/h5-6,8-9,15,23-26H,7,10-14,16H2,1-4H3;1-2H3. The van der Waals surface area contributed by atoms with Crippen LogP contribution in [0.5, 0.6) is 0 Å². The van der Waals surface area contributed by atoms with Gasteiger partial charge in [-0.05, 0) is 111 Å². The lowest BCUT2D eigenvalue weighted by molar-refractivity contribution is -0.125. The van der Waals surface area contributed by atoms with Gasteiger partial charge in [-0.15, -0.1) is 0 Å². The average molecular weight is 476 g/mol. The Balaban J connectivity index is 0.000000672. The van der Waals surface area contributed by atoms with Crippen molar-refractivity contribution in [1.29, 1.82) is 0 Å². The number of allylic oxidation sites excluding steroid dienone is 4. The van der Waals surface area contributed by atoms with E-state index in [4.69, 9.17) is 0 Å². The van der Waals surface area contributed by atoms with E-state index in [0.29, 0.717) is 35.7 Å². The van der Waals surface area contributed by atoms with Crippen LogP contribution in [0, 0.1) is 23.2 Å².